The molecule has 3 aliphatic carbocycles. The highest BCUT2D eigenvalue weighted by Gasteiger charge is 2.44. The lowest BCUT2D eigenvalue weighted by molar-refractivity contribution is 0.373. The third-order valence-electron chi connectivity index (χ3n) is 15.3. The minimum atomic E-state index is -0.107. The van der Waals surface area contributed by atoms with Gasteiger partial charge in [0.25, 0.3) is 0 Å². The molecule has 67 heavy (non-hydrogen) atoms. The predicted molar refractivity (Wildman–Crippen MR) is 288 cm³/mol. The van der Waals surface area contributed by atoms with Crippen molar-refractivity contribution in [2.75, 3.05) is 4.90 Å². The zero-order valence-corrected chi connectivity index (χ0v) is 39.4. The Morgan fingerprint density at radius 2 is 1.22 bits per heavy atom. The molecular formula is C65H55NS. The van der Waals surface area contributed by atoms with Crippen LogP contribution in [0.15, 0.2) is 218 Å². The first kappa shape index (κ1) is 41.4. The zero-order valence-electron chi connectivity index (χ0n) is 38.6. The Hall–Kier alpha value is -7.00. The molecule has 3 aliphatic rings. The van der Waals surface area contributed by atoms with Crippen molar-refractivity contribution in [3.05, 3.63) is 240 Å². The summed E-state index contributed by atoms with van der Waals surface area (Å²) in [6.45, 7) is 7.28. The second-order valence-electron chi connectivity index (χ2n) is 19.3. The Kier molecular flexibility index (Phi) is 10.5. The maximum Gasteiger partial charge on any atom is 0.0468 e. The summed E-state index contributed by atoms with van der Waals surface area (Å²) >= 11 is 1.86. The average molecular weight is 882 g/mol. The summed E-state index contributed by atoms with van der Waals surface area (Å²) in [5.74, 6) is 1.71. The lowest BCUT2D eigenvalue weighted by Gasteiger charge is -2.37. The van der Waals surface area contributed by atoms with Gasteiger partial charge in [0, 0.05) is 48.6 Å². The van der Waals surface area contributed by atoms with Crippen LogP contribution in [0.3, 0.4) is 0 Å². The number of benzene rings is 8. The Morgan fingerprint density at radius 3 is 1.99 bits per heavy atom. The molecule has 12 rings (SSSR count). The summed E-state index contributed by atoms with van der Waals surface area (Å²) in [5.41, 5.74) is 19.6. The summed E-state index contributed by atoms with van der Waals surface area (Å²) in [6.07, 6.45) is 14.5. The Bertz CT molecular complexity index is 3380. The fourth-order valence-corrected chi connectivity index (χ4v) is 12.8. The van der Waals surface area contributed by atoms with Crippen molar-refractivity contribution in [1.29, 1.82) is 0 Å². The molecular weight excluding hydrogens is 827 g/mol. The predicted octanol–water partition coefficient (Wildman–Crippen LogP) is 18.7. The molecule has 0 N–H and O–H groups in total. The van der Waals surface area contributed by atoms with Gasteiger partial charge >= 0.3 is 0 Å². The van der Waals surface area contributed by atoms with Crippen LogP contribution in [0.1, 0.15) is 74.6 Å². The van der Waals surface area contributed by atoms with Gasteiger partial charge in [0.05, 0.1) is 0 Å². The zero-order chi connectivity index (χ0) is 45.1. The van der Waals surface area contributed by atoms with Crippen molar-refractivity contribution in [3.8, 4) is 33.4 Å². The summed E-state index contributed by atoms with van der Waals surface area (Å²) in [4.78, 5) is 2.40. The normalized spacial score (nSPS) is 19.8. The van der Waals surface area contributed by atoms with Gasteiger partial charge in [0.2, 0.25) is 0 Å². The van der Waals surface area contributed by atoms with Crippen molar-refractivity contribution >= 4 is 54.1 Å². The van der Waals surface area contributed by atoms with Gasteiger partial charge in [0.1, 0.15) is 0 Å². The minimum Gasteiger partial charge on any atom is -0.310 e. The smallest absolute Gasteiger partial charge is 0.0468 e. The Morgan fingerprint density at radius 1 is 0.582 bits per heavy atom. The fourth-order valence-electron chi connectivity index (χ4n) is 11.7. The van der Waals surface area contributed by atoms with Crippen LogP contribution in [0.5, 0.6) is 0 Å². The standard InChI is InChI=1S/C65H55NS/c1-4-44-39-43(2)40-52(41-44)65(3)60-18-10-8-16-58(60)64-56(17-12-19-61(64)65)51-27-25-48(26-28-51)46-21-23-47(24-22-46)50-31-35-54(36-32-50)66(53-33-29-49(30-34-53)45-13-6-5-7-14-45)55-37-38-63-59(42-55)57-15-9-11-20-62(57)67-63/h5-21,23-38,40,42-44,46H,4,22,39,41H2,1-3H3/t43?,44?,46?,65-/m1/s1. The molecule has 1 nitrogen and oxygen atoms in total. The van der Waals surface area contributed by atoms with Crippen LogP contribution in [0, 0.1) is 11.8 Å². The first-order valence-corrected chi connectivity index (χ1v) is 25.1. The van der Waals surface area contributed by atoms with Crippen molar-refractivity contribution in [2.45, 2.75) is 57.8 Å². The molecule has 9 aromatic rings. The summed E-state index contributed by atoms with van der Waals surface area (Å²) in [5, 5.41) is 2.61. The molecule has 0 saturated carbocycles. The lowest BCUT2D eigenvalue weighted by atomic mass is 9.66. The van der Waals surface area contributed by atoms with Gasteiger partial charge in [0.15, 0.2) is 0 Å². The minimum absolute atomic E-state index is 0.107. The molecule has 8 aromatic carbocycles. The third-order valence-corrected chi connectivity index (χ3v) is 16.5. The Balaban J connectivity index is 0.806. The van der Waals surface area contributed by atoms with E-state index in [1.807, 2.05) is 11.3 Å². The van der Waals surface area contributed by atoms with Crippen LogP contribution >= 0.6 is 11.3 Å². The van der Waals surface area contributed by atoms with Crippen LogP contribution in [0.4, 0.5) is 17.1 Å². The molecule has 4 atom stereocenters. The van der Waals surface area contributed by atoms with Gasteiger partial charge in [-0.3, -0.25) is 0 Å². The molecule has 3 unspecified atom stereocenters. The van der Waals surface area contributed by atoms with E-state index in [-0.39, 0.29) is 5.41 Å². The maximum atomic E-state index is 2.61. The van der Waals surface area contributed by atoms with Crippen molar-refractivity contribution in [3.63, 3.8) is 0 Å². The first-order valence-electron chi connectivity index (χ1n) is 24.3. The van der Waals surface area contributed by atoms with Crippen molar-refractivity contribution < 1.29 is 0 Å². The Labute approximate surface area is 400 Å². The molecule has 0 amide bonds. The van der Waals surface area contributed by atoms with Gasteiger partial charge in [-0.2, -0.15) is 0 Å². The number of nitrogens with zero attached hydrogens (tertiary/aromatic N) is 1. The topological polar surface area (TPSA) is 3.24 Å². The molecule has 0 radical (unpaired) electrons. The number of hydrogen-bond donors (Lipinski definition) is 0. The highest BCUT2D eigenvalue weighted by Crippen LogP contribution is 2.57. The largest absolute Gasteiger partial charge is 0.310 e. The van der Waals surface area contributed by atoms with E-state index in [0.717, 1.165) is 29.4 Å². The molecule has 326 valence electrons. The van der Waals surface area contributed by atoms with Gasteiger partial charge in [-0.1, -0.05) is 190 Å². The number of fused-ring (bicyclic) bond motifs is 6. The maximum absolute atomic E-state index is 2.61. The third kappa shape index (κ3) is 7.30. The summed E-state index contributed by atoms with van der Waals surface area (Å²) < 4.78 is 2.63. The van der Waals surface area contributed by atoms with Crippen molar-refractivity contribution in [2.24, 2.45) is 11.8 Å². The molecule has 0 aliphatic heterocycles. The van der Waals surface area contributed by atoms with E-state index in [1.54, 1.807) is 5.57 Å². The molecule has 1 heterocycles. The number of allylic oxidation sites excluding steroid dienone is 6. The second-order valence-corrected chi connectivity index (χ2v) is 20.4. The van der Waals surface area contributed by atoms with E-state index >= 15 is 0 Å². The number of anilines is 3. The summed E-state index contributed by atoms with van der Waals surface area (Å²) in [6, 6.07) is 70.2. The van der Waals surface area contributed by atoms with Crippen LogP contribution < -0.4 is 4.90 Å². The molecule has 0 spiro atoms. The molecule has 0 fully saturated rings. The van der Waals surface area contributed by atoms with E-state index in [0.29, 0.717) is 11.8 Å². The monoisotopic (exact) mass is 881 g/mol. The van der Waals surface area contributed by atoms with Crippen LogP contribution in [-0.4, -0.2) is 0 Å². The number of hydrogen-bond acceptors (Lipinski definition) is 2. The molecule has 1 aromatic heterocycles. The fraction of sp³-hybridized carbons (Fsp3) is 0.169. The molecule has 0 saturated heterocycles. The average Bonchev–Trinajstić information content (AvgIpc) is 3.90. The SMILES string of the molecule is CCC1CC([C@]2(C)c3ccccc3-c3c(-c4ccc(C5C=CC(c6ccc(N(c7ccc(-c8ccccc8)cc7)c7ccc8sc9ccccc9c8c7)cc6)=CC5)cc4)cccc32)=CC(C)C1. The summed E-state index contributed by atoms with van der Waals surface area (Å²) in [7, 11) is 0. The van der Waals surface area contributed by atoms with Crippen LogP contribution in [0.25, 0.3) is 59.1 Å². The van der Waals surface area contributed by atoms with E-state index in [9.17, 15) is 0 Å². The van der Waals surface area contributed by atoms with E-state index < -0.39 is 0 Å². The molecule has 0 bridgehead atoms. The quantitative estimate of drug-likeness (QED) is 0.131. The van der Waals surface area contributed by atoms with Gasteiger partial charge < -0.3 is 4.90 Å². The highest BCUT2D eigenvalue weighted by molar-refractivity contribution is 7.25. The first-order chi connectivity index (χ1) is 32.9. The highest BCUT2D eigenvalue weighted by atomic mass is 32.1. The van der Waals surface area contributed by atoms with Gasteiger partial charge in [-0.15, -0.1) is 11.3 Å². The van der Waals surface area contributed by atoms with E-state index in [2.05, 4.69) is 238 Å². The molecule has 2 heteroatoms. The number of rotatable bonds is 9. The van der Waals surface area contributed by atoms with Crippen LogP contribution in [-0.2, 0) is 5.41 Å². The number of thiophene rings is 1. The van der Waals surface area contributed by atoms with E-state index in [1.165, 1.54) is 101 Å². The van der Waals surface area contributed by atoms with E-state index in [4.69, 9.17) is 0 Å². The second kappa shape index (κ2) is 17.0. The van der Waals surface area contributed by atoms with Gasteiger partial charge in [-0.05, 0) is 148 Å². The van der Waals surface area contributed by atoms with Gasteiger partial charge in [-0.25, -0.2) is 0 Å². The van der Waals surface area contributed by atoms with Crippen molar-refractivity contribution in [1.82, 2.24) is 0 Å². The van der Waals surface area contributed by atoms with Crippen LogP contribution in [0.2, 0.25) is 0 Å². The lowest BCUT2D eigenvalue weighted by Crippen LogP contribution is -2.28.